The zero-order valence-corrected chi connectivity index (χ0v) is 12.3. The zero-order chi connectivity index (χ0) is 14.5. The van der Waals surface area contributed by atoms with E-state index in [2.05, 4.69) is 39.0 Å². The molecule has 0 amide bonds. The van der Waals surface area contributed by atoms with Gasteiger partial charge in [0.15, 0.2) is 0 Å². The van der Waals surface area contributed by atoms with Crippen LogP contribution >= 0.6 is 0 Å². The summed E-state index contributed by atoms with van der Waals surface area (Å²) in [5.41, 5.74) is 5.18. The van der Waals surface area contributed by atoms with Crippen molar-refractivity contribution in [2.45, 2.75) is 39.0 Å². The highest BCUT2D eigenvalue weighted by Crippen LogP contribution is 2.26. The molecule has 2 aromatic rings. The van der Waals surface area contributed by atoms with E-state index in [1.54, 1.807) is 0 Å². The molecule has 0 aliphatic rings. The average molecular weight is 269 g/mol. The molecule has 2 aromatic carbocycles. The third-order valence-electron chi connectivity index (χ3n) is 3.76. The molecular formula is C19H22F. The highest BCUT2D eigenvalue weighted by atomic mass is 19.1. The van der Waals surface area contributed by atoms with E-state index in [-0.39, 0.29) is 5.82 Å². The van der Waals surface area contributed by atoms with Gasteiger partial charge in [0.1, 0.15) is 5.82 Å². The van der Waals surface area contributed by atoms with Gasteiger partial charge in [0.05, 0.1) is 0 Å². The van der Waals surface area contributed by atoms with E-state index in [4.69, 9.17) is 0 Å². The van der Waals surface area contributed by atoms with Gasteiger partial charge in [-0.25, -0.2) is 4.39 Å². The Balaban J connectivity index is 2.07. The Labute approximate surface area is 121 Å². The highest BCUT2D eigenvalue weighted by molar-refractivity contribution is 5.31. The van der Waals surface area contributed by atoms with Gasteiger partial charge in [-0.05, 0) is 62.3 Å². The van der Waals surface area contributed by atoms with E-state index in [1.807, 2.05) is 12.1 Å². The second-order valence-corrected chi connectivity index (χ2v) is 5.57. The molecule has 1 unspecified atom stereocenters. The fourth-order valence-electron chi connectivity index (χ4n) is 2.72. The van der Waals surface area contributed by atoms with Crippen LogP contribution in [-0.2, 0) is 6.42 Å². The first-order chi connectivity index (χ1) is 9.58. The van der Waals surface area contributed by atoms with E-state index in [0.29, 0.717) is 5.92 Å². The Bertz CT molecular complexity index is 534. The normalized spacial score (nSPS) is 12.4. The van der Waals surface area contributed by atoms with Crippen LogP contribution < -0.4 is 0 Å². The summed E-state index contributed by atoms with van der Waals surface area (Å²) in [4.78, 5) is 0. The molecule has 0 N–H and O–H groups in total. The van der Waals surface area contributed by atoms with Crippen LogP contribution in [0.1, 0.15) is 41.0 Å². The van der Waals surface area contributed by atoms with Gasteiger partial charge in [0.2, 0.25) is 0 Å². The molecule has 0 aliphatic carbocycles. The van der Waals surface area contributed by atoms with Crippen molar-refractivity contribution in [1.82, 2.24) is 0 Å². The maximum absolute atomic E-state index is 12.9. The van der Waals surface area contributed by atoms with Gasteiger partial charge in [-0.2, -0.15) is 0 Å². The number of aryl methyl sites for hydroxylation is 3. The summed E-state index contributed by atoms with van der Waals surface area (Å²) in [6, 6.07) is 13.5. The second kappa shape index (κ2) is 6.69. The molecule has 2 rings (SSSR count). The number of hydrogen-bond donors (Lipinski definition) is 0. The molecule has 0 saturated heterocycles. The topological polar surface area (TPSA) is 0 Å². The van der Waals surface area contributed by atoms with Crippen molar-refractivity contribution in [2.75, 3.05) is 0 Å². The van der Waals surface area contributed by atoms with Crippen molar-refractivity contribution in [2.24, 2.45) is 0 Å². The molecule has 0 saturated carbocycles. The van der Waals surface area contributed by atoms with Crippen molar-refractivity contribution in [3.63, 3.8) is 0 Å². The van der Waals surface area contributed by atoms with Gasteiger partial charge < -0.3 is 0 Å². The van der Waals surface area contributed by atoms with Crippen molar-refractivity contribution < 1.29 is 4.39 Å². The molecule has 0 heterocycles. The Hall–Kier alpha value is -1.63. The van der Waals surface area contributed by atoms with E-state index in [0.717, 1.165) is 19.3 Å². The van der Waals surface area contributed by atoms with Crippen molar-refractivity contribution >= 4 is 0 Å². The molecule has 0 aromatic heterocycles. The number of halogens is 1. The van der Waals surface area contributed by atoms with Gasteiger partial charge in [-0.15, -0.1) is 0 Å². The molecule has 1 radical (unpaired) electrons. The highest BCUT2D eigenvalue weighted by Gasteiger charge is 2.10. The van der Waals surface area contributed by atoms with Crippen LogP contribution in [0, 0.1) is 26.6 Å². The Morgan fingerprint density at radius 3 is 2.15 bits per heavy atom. The standard InChI is InChI=1S/C19H22F/c1-4-17(18-12-14(2)11-15(3)13-18)8-5-16-6-9-19(20)10-7-16/h6-7,9-13,17H,1,4-5,8H2,2-3H3. The van der Waals surface area contributed by atoms with Crippen LogP contribution in [0.15, 0.2) is 42.5 Å². The third-order valence-corrected chi connectivity index (χ3v) is 3.76. The van der Waals surface area contributed by atoms with Gasteiger partial charge in [-0.1, -0.05) is 48.4 Å². The van der Waals surface area contributed by atoms with Gasteiger partial charge in [-0.3, -0.25) is 0 Å². The smallest absolute Gasteiger partial charge is 0.123 e. The number of hydrogen-bond acceptors (Lipinski definition) is 0. The summed E-state index contributed by atoms with van der Waals surface area (Å²) >= 11 is 0. The summed E-state index contributed by atoms with van der Waals surface area (Å²) in [7, 11) is 0. The lowest BCUT2D eigenvalue weighted by Crippen LogP contribution is -2.01. The van der Waals surface area contributed by atoms with Crippen molar-refractivity contribution in [3.8, 4) is 0 Å². The van der Waals surface area contributed by atoms with E-state index in [1.165, 1.54) is 34.4 Å². The molecule has 0 bridgehead atoms. The predicted molar refractivity (Wildman–Crippen MR) is 83.4 cm³/mol. The lowest BCUT2D eigenvalue weighted by atomic mass is 9.88. The summed E-state index contributed by atoms with van der Waals surface area (Å²) in [5, 5.41) is 0. The van der Waals surface area contributed by atoms with Crippen LogP contribution in [0.5, 0.6) is 0 Å². The first-order valence-electron chi connectivity index (χ1n) is 7.20. The van der Waals surface area contributed by atoms with Gasteiger partial charge >= 0.3 is 0 Å². The first kappa shape index (κ1) is 14.8. The van der Waals surface area contributed by atoms with E-state index < -0.39 is 0 Å². The minimum Gasteiger partial charge on any atom is -0.207 e. The Morgan fingerprint density at radius 2 is 1.60 bits per heavy atom. The second-order valence-electron chi connectivity index (χ2n) is 5.57. The predicted octanol–water partition coefficient (Wildman–Crippen LogP) is 5.38. The fourth-order valence-corrected chi connectivity index (χ4v) is 2.72. The van der Waals surface area contributed by atoms with Gasteiger partial charge in [0.25, 0.3) is 0 Å². The van der Waals surface area contributed by atoms with Crippen LogP contribution in [0.25, 0.3) is 0 Å². The Morgan fingerprint density at radius 1 is 1.00 bits per heavy atom. The lowest BCUT2D eigenvalue weighted by molar-refractivity contribution is 0.618. The van der Waals surface area contributed by atoms with Crippen molar-refractivity contribution in [1.29, 1.82) is 0 Å². The fraction of sp³-hybridized carbons (Fsp3) is 0.316. The average Bonchev–Trinajstić information content (AvgIpc) is 2.40. The van der Waals surface area contributed by atoms with Crippen LogP contribution in [-0.4, -0.2) is 0 Å². The SMILES string of the molecule is [CH2]CC(CCc1ccc(F)cc1)c1cc(C)cc(C)c1. The zero-order valence-electron chi connectivity index (χ0n) is 12.3. The van der Waals surface area contributed by atoms with Gasteiger partial charge in [0, 0.05) is 0 Å². The molecule has 0 spiro atoms. The van der Waals surface area contributed by atoms with E-state index >= 15 is 0 Å². The molecule has 1 atom stereocenters. The minimum atomic E-state index is -0.170. The first-order valence-corrected chi connectivity index (χ1v) is 7.20. The number of rotatable bonds is 5. The molecular weight excluding hydrogens is 247 g/mol. The van der Waals surface area contributed by atoms with E-state index in [9.17, 15) is 4.39 Å². The summed E-state index contributed by atoms with van der Waals surface area (Å²) in [6.07, 6.45) is 2.91. The number of benzene rings is 2. The summed E-state index contributed by atoms with van der Waals surface area (Å²) < 4.78 is 12.9. The largest absolute Gasteiger partial charge is 0.207 e. The Kier molecular flexibility index (Phi) is 4.94. The van der Waals surface area contributed by atoms with Crippen LogP contribution in [0.4, 0.5) is 4.39 Å². The summed E-state index contributed by atoms with van der Waals surface area (Å²) in [6.45, 7) is 8.36. The maximum Gasteiger partial charge on any atom is 0.123 e. The molecule has 105 valence electrons. The monoisotopic (exact) mass is 269 g/mol. The molecule has 0 fully saturated rings. The minimum absolute atomic E-state index is 0.170. The van der Waals surface area contributed by atoms with Crippen molar-refractivity contribution in [3.05, 3.63) is 77.5 Å². The quantitative estimate of drug-likeness (QED) is 0.683. The van der Waals surface area contributed by atoms with Crippen LogP contribution in [0.3, 0.4) is 0 Å². The molecule has 0 nitrogen and oxygen atoms in total. The molecule has 0 aliphatic heterocycles. The van der Waals surface area contributed by atoms with Crippen LogP contribution in [0.2, 0.25) is 0 Å². The maximum atomic E-state index is 12.9. The molecule has 20 heavy (non-hydrogen) atoms. The lowest BCUT2D eigenvalue weighted by Gasteiger charge is -2.17. The summed E-state index contributed by atoms with van der Waals surface area (Å²) in [5.74, 6) is 0.301. The molecule has 1 heteroatoms. The third kappa shape index (κ3) is 3.93.